The van der Waals surface area contributed by atoms with Gasteiger partial charge in [0.05, 0.1) is 6.33 Å². The van der Waals surface area contributed by atoms with Crippen LogP contribution in [0.2, 0.25) is 0 Å². The lowest BCUT2D eigenvalue weighted by Gasteiger charge is -2.07. The highest BCUT2D eigenvalue weighted by Crippen LogP contribution is 1.98. The number of hydrogen-bond acceptors (Lipinski definition) is 2. The quantitative estimate of drug-likeness (QED) is 0.720. The van der Waals surface area contributed by atoms with E-state index in [1.165, 1.54) is 0 Å². The fourth-order valence-electron chi connectivity index (χ4n) is 1.35. The molecule has 0 aliphatic heterocycles. The molecule has 0 bridgehead atoms. The number of amides is 1. The number of carbonyl (C=O) groups excluding carboxylic acids is 1. The lowest BCUT2D eigenvalue weighted by atomic mass is 10.1. The second-order valence-electron chi connectivity index (χ2n) is 4.10. The molecule has 0 saturated heterocycles. The fraction of sp³-hybridized carbons (Fsp3) is 0.636. The van der Waals surface area contributed by atoms with Gasteiger partial charge in [-0.2, -0.15) is 0 Å². The molecule has 0 radical (unpaired) electrons. The number of aryl methyl sites for hydroxylation is 1. The summed E-state index contributed by atoms with van der Waals surface area (Å²) < 4.78 is 2.01. The van der Waals surface area contributed by atoms with Gasteiger partial charge in [-0.25, -0.2) is 4.98 Å². The third kappa shape index (κ3) is 5.20. The molecule has 0 spiro atoms. The van der Waals surface area contributed by atoms with Crippen LogP contribution in [0, 0.1) is 5.92 Å². The van der Waals surface area contributed by atoms with Crippen LogP contribution in [0.5, 0.6) is 0 Å². The highest BCUT2D eigenvalue weighted by atomic mass is 16.1. The number of carbonyl (C=O) groups is 1. The zero-order chi connectivity index (χ0) is 11.1. The minimum Gasteiger partial charge on any atom is -0.356 e. The normalized spacial score (nSPS) is 10.6. The molecule has 0 aliphatic rings. The number of nitrogens with one attached hydrogen (secondary N) is 1. The maximum Gasteiger partial charge on any atom is 0.220 e. The fourth-order valence-corrected chi connectivity index (χ4v) is 1.35. The Morgan fingerprint density at radius 3 is 2.93 bits per heavy atom. The second kappa shape index (κ2) is 6.22. The molecule has 4 nitrogen and oxygen atoms in total. The van der Waals surface area contributed by atoms with Crippen molar-refractivity contribution in [3.05, 3.63) is 18.7 Å². The zero-order valence-corrected chi connectivity index (χ0v) is 9.44. The van der Waals surface area contributed by atoms with Crippen molar-refractivity contribution in [3.8, 4) is 0 Å². The summed E-state index contributed by atoms with van der Waals surface area (Å²) in [6, 6.07) is 0. The Bertz CT molecular complexity index is 280. The third-order valence-electron chi connectivity index (χ3n) is 2.07. The molecule has 1 aromatic heterocycles. The summed E-state index contributed by atoms with van der Waals surface area (Å²) in [6.45, 7) is 5.74. The van der Waals surface area contributed by atoms with Crippen LogP contribution in [0.1, 0.15) is 26.7 Å². The lowest BCUT2D eigenvalue weighted by Crippen LogP contribution is -2.26. The van der Waals surface area contributed by atoms with E-state index < -0.39 is 0 Å². The van der Waals surface area contributed by atoms with Crippen molar-refractivity contribution in [3.63, 3.8) is 0 Å². The molecule has 1 aromatic rings. The van der Waals surface area contributed by atoms with Gasteiger partial charge in [0.1, 0.15) is 0 Å². The predicted octanol–water partition coefficient (Wildman–Crippen LogP) is 1.44. The lowest BCUT2D eigenvalue weighted by molar-refractivity contribution is -0.121. The maximum absolute atomic E-state index is 11.3. The van der Waals surface area contributed by atoms with Crippen LogP contribution < -0.4 is 5.32 Å². The molecule has 0 fully saturated rings. The number of hydrogen-bond donors (Lipinski definition) is 1. The molecule has 84 valence electrons. The van der Waals surface area contributed by atoms with Crippen molar-refractivity contribution in [2.45, 2.75) is 33.2 Å². The van der Waals surface area contributed by atoms with Gasteiger partial charge in [0, 0.05) is 31.9 Å². The van der Waals surface area contributed by atoms with Gasteiger partial charge in [0.15, 0.2) is 0 Å². The van der Waals surface area contributed by atoms with E-state index in [0.717, 1.165) is 19.5 Å². The molecule has 15 heavy (non-hydrogen) atoms. The van der Waals surface area contributed by atoms with Gasteiger partial charge in [-0.3, -0.25) is 4.79 Å². The maximum atomic E-state index is 11.3. The molecule has 1 N–H and O–H groups in total. The standard InChI is InChI=1S/C11H19N3O/c1-10(2)8-11(15)13-4-3-6-14-7-5-12-9-14/h5,7,9-10H,3-4,6,8H2,1-2H3,(H,13,15). The Kier molecular flexibility index (Phi) is 4.87. The largest absolute Gasteiger partial charge is 0.356 e. The zero-order valence-electron chi connectivity index (χ0n) is 9.44. The summed E-state index contributed by atoms with van der Waals surface area (Å²) >= 11 is 0. The first-order chi connectivity index (χ1) is 7.18. The molecular weight excluding hydrogens is 190 g/mol. The van der Waals surface area contributed by atoms with E-state index in [1.807, 2.05) is 24.6 Å². The summed E-state index contributed by atoms with van der Waals surface area (Å²) in [5.41, 5.74) is 0. The van der Waals surface area contributed by atoms with Gasteiger partial charge < -0.3 is 9.88 Å². The van der Waals surface area contributed by atoms with E-state index >= 15 is 0 Å². The van der Waals surface area contributed by atoms with Gasteiger partial charge in [-0.1, -0.05) is 13.8 Å². The Morgan fingerprint density at radius 1 is 1.53 bits per heavy atom. The highest BCUT2D eigenvalue weighted by molar-refractivity contribution is 5.75. The van der Waals surface area contributed by atoms with Crippen molar-refractivity contribution in [2.75, 3.05) is 6.54 Å². The van der Waals surface area contributed by atoms with Gasteiger partial charge >= 0.3 is 0 Å². The van der Waals surface area contributed by atoms with Gasteiger partial charge in [-0.15, -0.1) is 0 Å². The van der Waals surface area contributed by atoms with E-state index in [-0.39, 0.29) is 5.91 Å². The van der Waals surface area contributed by atoms with Gasteiger partial charge in [0.25, 0.3) is 0 Å². The van der Waals surface area contributed by atoms with E-state index in [0.29, 0.717) is 12.3 Å². The summed E-state index contributed by atoms with van der Waals surface area (Å²) in [6.07, 6.45) is 7.04. The van der Waals surface area contributed by atoms with Crippen LogP contribution >= 0.6 is 0 Å². The molecule has 4 heteroatoms. The van der Waals surface area contributed by atoms with Crippen LogP contribution in [0.4, 0.5) is 0 Å². The average molecular weight is 209 g/mol. The minimum absolute atomic E-state index is 0.149. The first-order valence-corrected chi connectivity index (χ1v) is 5.41. The Hall–Kier alpha value is -1.32. The van der Waals surface area contributed by atoms with Crippen LogP contribution in [0.3, 0.4) is 0 Å². The Morgan fingerprint density at radius 2 is 2.33 bits per heavy atom. The first-order valence-electron chi connectivity index (χ1n) is 5.41. The van der Waals surface area contributed by atoms with E-state index in [9.17, 15) is 4.79 Å². The van der Waals surface area contributed by atoms with E-state index in [2.05, 4.69) is 10.3 Å². The van der Waals surface area contributed by atoms with Gasteiger partial charge in [-0.05, 0) is 12.3 Å². The molecule has 0 atom stereocenters. The molecule has 1 rings (SSSR count). The van der Waals surface area contributed by atoms with Crippen molar-refractivity contribution in [2.24, 2.45) is 5.92 Å². The number of imidazole rings is 1. The SMILES string of the molecule is CC(C)CC(=O)NCCCn1ccnc1. The topological polar surface area (TPSA) is 46.9 Å². The van der Waals surface area contributed by atoms with Crippen molar-refractivity contribution in [1.29, 1.82) is 0 Å². The van der Waals surface area contributed by atoms with Crippen LogP contribution in [0.25, 0.3) is 0 Å². The van der Waals surface area contributed by atoms with Crippen molar-refractivity contribution >= 4 is 5.91 Å². The Labute approximate surface area is 90.7 Å². The Balaban J connectivity index is 2.04. The van der Waals surface area contributed by atoms with Crippen LogP contribution in [-0.4, -0.2) is 22.0 Å². The van der Waals surface area contributed by atoms with Crippen molar-refractivity contribution < 1.29 is 4.79 Å². The minimum atomic E-state index is 0.149. The third-order valence-corrected chi connectivity index (χ3v) is 2.07. The molecular formula is C11H19N3O. The van der Waals surface area contributed by atoms with E-state index in [4.69, 9.17) is 0 Å². The molecule has 0 unspecified atom stereocenters. The first kappa shape index (κ1) is 11.8. The predicted molar refractivity (Wildman–Crippen MR) is 59.3 cm³/mol. The number of nitrogens with zero attached hydrogens (tertiary/aromatic N) is 2. The molecule has 1 amide bonds. The summed E-state index contributed by atoms with van der Waals surface area (Å²) in [5, 5.41) is 2.90. The molecule has 0 saturated carbocycles. The van der Waals surface area contributed by atoms with E-state index in [1.54, 1.807) is 12.5 Å². The summed E-state index contributed by atoms with van der Waals surface area (Å²) in [4.78, 5) is 15.2. The number of rotatable bonds is 6. The highest BCUT2D eigenvalue weighted by Gasteiger charge is 2.02. The summed E-state index contributed by atoms with van der Waals surface area (Å²) in [7, 11) is 0. The van der Waals surface area contributed by atoms with Crippen molar-refractivity contribution in [1.82, 2.24) is 14.9 Å². The van der Waals surface area contributed by atoms with Crippen LogP contribution in [-0.2, 0) is 11.3 Å². The van der Waals surface area contributed by atoms with Gasteiger partial charge in [0.2, 0.25) is 5.91 Å². The number of aromatic nitrogens is 2. The molecule has 0 aromatic carbocycles. The second-order valence-corrected chi connectivity index (χ2v) is 4.10. The summed E-state index contributed by atoms with van der Waals surface area (Å²) in [5.74, 6) is 0.578. The monoisotopic (exact) mass is 209 g/mol. The average Bonchev–Trinajstić information content (AvgIpc) is 2.63. The molecule has 1 heterocycles. The molecule has 0 aliphatic carbocycles. The van der Waals surface area contributed by atoms with Crippen LogP contribution in [0.15, 0.2) is 18.7 Å². The smallest absolute Gasteiger partial charge is 0.220 e.